The number of rotatable bonds is 3. The molecule has 0 atom stereocenters. The van der Waals surface area contributed by atoms with Gasteiger partial charge in [-0.3, -0.25) is 4.99 Å². The van der Waals surface area contributed by atoms with Crippen LogP contribution in [0.25, 0.3) is 0 Å². The molecule has 2 N–H and O–H groups in total. The number of halogens is 9. The summed E-state index contributed by atoms with van der Waals surface area (Å²) in [5, 5.41) is 18.1. The fourth-order valence-electron chi connectivity index (χ4n) is 1.21. The van der Waals surface area contributed by atoms with E-state index in [1.54, 1.807) is 0 Å². The first kappa shape index (κ1) is 25.0. The predicted octanol–water partition coefficient (Wildman–Crippen LogP) is 5.32. The van der Waals surface area contributed by atoms with Gasteiger partial charge in [-0.15, -0.1) is 0 Å². The Labute approximate surface area is 171 Å². The first-order valence-corrected chi connectivity index (χ1v) is 19.2. The molecule has 0 bridgehead atoms. The van der Waals surface area contributed by atoms with Crippen LogP contribution in [0.2, 0.25) is 0 Å². The number of aliphatic imine (C=N–C) groups is 1. The van der Waals surface area contributed by atoms with Crippen LogP contribution in [-0.4, -0.2) is 40.9 Å². The van der Waals surface area contributed by atoms with Gasteiger partial charge in [-0.25, -0.2) is 0 Å². The molecule has 0 aliphatic carbocycles. The summed E-state index contributed by atoms with van der Waals surface area (Å²) in [5.74, 6) is -0.362. The fourth-order valence-corrected chi connectivity index (χ4v) is 1.21. The number of phenols is 1. The minimum absolute atomic E-state index is 0.0702. The zero-order valence-corrected chi connectivity index (χ0v) is 19.2. The van der Waals surface area contributed by atoms with E-state index in [1.807, 2.05) is 0 Å². The molecule has 0 heterocycles. The normalized spacial score (nSPS) is 13.1. The standard InChI is InChI=1S/C11H9F6NO2.3HI.V/c12-10(13,14)9(20,11(15,16)17)6-18-5-7-3-1-2-4-8(7)19;;;;/h1-5,19-20H,6H2;3*1H;/q;;;;+3/p-3. The molecule has 1 aromatic rings. The maximum absolute atomic E-state index is 12.3. The van der Waals surface area contributed by atoms with Crippen molar-refractivity contribution in [2.24, 2.45) is 4.99 Å². The van der Waals surface area contributed by atoms with Crippen LogP contribution < -0.4 is 0 Å². The number of aromatic hydroxyl groups is 1. The number of nitrogens with zero attached hydrogens (tertiary/aromatic N) is 1. The number of hydrogen-bond acceptors (Lipinski definition) is 3. The Morgan fingerprint density at radius 2 is 1.42 bits per heavy atom. The van der Waals surface area contributed by atoms with E-state index in [9.17, 15) is 31.4 Å². The number of phenolic OH excluding ortho intramolecular Hbond substituents is 1. The molecule has 138 valence electrons. The van der Waals surface area contributed by atoms with Gasteiger partial charge < -0.3 is 10.2 Å². The molecule has 0 aliphatic heterocycles. The Bertz CT molecular complexity index is 537. The van der Waals surface area contributed by atoms with Gasteiger partial charge >= 0.3 is 77.2 Å². The summed E-state index contributed by atoms with van der Waals surface area (Å²) in [4.78, 5) is 2.65. The quantitative estimate of drug-likeness (QED) is 0.251. The van der Waals surface area contributed by atoms with Gasteiger partial charge in [-0.2, -0.15) is 26.3 Å². The third-order valence-corrected chi connectivity index (χ3v) is 2.43. The van der Waals surface area contributed by atoms with Crippen LogP contribution in [0.5, 0.6) is 5.75 Å². The molecular weight excluding hydrogens is 724 g/mol. The Balaban J connectivity index is 0.00000118. The third-order valence-electron chi connectivity index (χ3n) is 2.43. The van der Waals surface area contributed by atoms with Gasteiger partial charge in [0, 0.05) is 11.8 Å². The topological polar surface area (TPSA) is 52.8 Å². The number of hydrogen-bond donors (Lipinski definition) is 2. The van der Waals surface area contributed by atoms with Crippen LogP contribution in [0.3, 0.4) is 0 Å². The Hall–Kier alpha value is 1.00. The summed E-state index contributed by atoms with van der Waals surface area (Å²) in [6, 6.07) is 5.23. The van der Waals surface area contributed by atoms with Crippen molar-refractivity contribution in [1.29, 1.82) is 0 Å². The summed E-state index contributed by atoms with van der Waals surface area (Å²) in [5.41, 5.74) is -5.00. The molecule has 0 radical (unpaired) electrons. The second-order valence-electron chi connectivity index (χ2n) is 4.08. The van der Waals surface area contributed by atoms with Crippen LogP contribution in [-0.2, 0) is 4.92 Å². The monoisotopic (exact) mass is 733 g/mol. The summed E-state index contributed by atoms with van der Waals surface area (Å²) < 4.78 is 73.9. The molecule has 1 aromatic carbocycles. The average Bonchev–Trinajstić information content (AvgIpc) is 2.37. The van der Waals surface area contributed by atoms with Gasteiger partial charge in [-0.05, 0) is 12.1 Å². The van der Waals surface area contributed by atoms with E-state index in [4.69, 9.17) is 5.11 Å². The van der Waals surface area contributed by atoms with E-state index in [0.717, 1.165) is 0 Å². The predicted molar refractivity (Wildman–Crippen MR) is 99.7 cm³/mol. The van der Waals surface area contributed by atoms with E-state index >= 15 is 0 Å². The molecule has 3 nitrogen and oxygen atoms in total. The van der Waals surface area contributed by atoms with Crippen molar-refractivity contribution in [3.8, 4) is 5.75 Å². The van der Waals surface area contributed by atoms with Gasteiger partial charge in [0.15, 0.2) is 0 Å². The number of para-hydroxylation sites is 1. The van der Waals surface area contributed by atoms with E-state index in [1.165, 1.54) is 24.3 Å². The van der Waals surface area contributed by atoms with Crippen molar-refractivity contribution in [2.45, 2.75) is 18.0 Å². The second kappa shape index (κ2) is 10.4. The van der Waals surface area contributed by atoms with Crippen LogP contribution in [0.1, 0.15) is 5.56 Å². The molecule has 0 aliphatic rings. The summed E-state index contributed by atoms with van der Waals surface area (Å²) in [6.45, 7) is -1.95. The molecule has 0 amide bonds. The van der Waals surface area contributed by atoms with Gasteiger partial charge in [0.25, 0.3) is 5.60 Å². The summed E-state index contributed by atoms with van der Waals surface area (Å²) >= 11 is 7.39. The van der Waals surface area contributed by atoms with Crippen LogP contribution in [0.4, 0.5) is 26.3 Å². The van der Waals surface area contributed by atoms with Gasteiger partial charge in [0.1, 0.15) is 5.75 Å². The van der Waals surface area contributed by atoms with E-state index in [0.29, 0.717) is 6.21 Å². The number of benzene rings is 1. The van der Waals surface area contributed by atoms with Crippen molar-refractivity contribution in [3.63, 3.8) is 0 Å². The molecule has 0 spiro atoms. The Morgan fingerprint density at radius 3 is 1.79 bits per heavy atom. The maximum atomic E-state index is 12.3. The van der Waals surface area contributed by atoms with Crippen molar-refractivity contribution in [3.05, 3.63) is 29.8 Å². The van der Waals surface area contributed by atoms with Gasteiger partial charge in [0.2, 0.25) is 0 Å². The Morgan fingerprint density at radius 1 is 1.00 bits per heavy atom. The first-order chi connectivity index (χ1) is 10.7. The van der Waals surface area contributed by atoms with E-state index in [-0.39, 0.29) is 16.2 Å². The van der Waals surface area contributed by atoms with Crippen molar-refractivity contribution in [2.75, 3.05) is 6.54 Å². The van der Waals surface area contributed by atoms with Crippen molar-refractivity contribution in [1.82, 2.24) is 0 Å². The first-order valence-electron chi connectivity index (χ1n) is 5.63. The van der Waals surface area contributed by atoms with Crippen LogP contribution in [0.15, 0.2) is 29.3 Å². The van der Waals surface area contributed by atoms with Crippen LogP contribution in [0, 0.1) is 0 Å². The van der Waals surface area contributed by atoms with E-state index in [2.05, 4.69) is 64.9 Å². The van der Waals surface area contributed by atoms with Gasteiger partial charge in [0.05, 0.1) is 6.54 Å². The zero-order valence-electron chi connectivity index (χ0n) is 11.3. The Kier molecular flexibility index (Phi) is 10.8. The van der Waals surface area contributed by atoms with Crippen molar-refractivity contribution >= 4 is 66.2 Å². The molecule has 0 fully saturated rings. The van der Waals surface area contributed by atoms with E-state index < -0.39 is 24.5 Å². The van der Waals surface area contributed by atoms with Gasteiger partial charge in [-0.1, -0.05) is 12.1 Å². The molecule has 0 aromatic heterocycles. The molecule has 1 rings (SSSR count). The molecule has 24 heavy (non-hydrogen) atoms. The minimum atomic E-state index is -5.92. The molecular formula is C11H9F6I3NO2V. The molecule has 0 saturated carbocycles. The summed E-state index contributed by atoms with van der Waals surface area (Å²) in [6.07, 6.45) is -11.2. The average molecular weight is 733 g/mol. The zero-order chi connectivity index (χ0) is 19.2. The molecule has 13 heteroatoms. The summed E-state index contributed by atoms with van der Waals surface area (Å²) in [7, 11) is 0. The van der Waals surface area contributed by atoms with Crippen LogP contribution >= 0.6 is 59.9 Å². The fraction of sp³-hybridized carbons (Fsp3) is 0.364. The number of alkyl halides is 6. The number of aliphatic hydroxyl groups is 1. The van der Waals surface area contributed by atoms with Crippen molar-refractivity contribution < 1.29 is 41.5 Å². The molecule has 0 unspecified atom stereocenters. The molecule has 0 saturated heterocycles. The SMILES string of the molecule is Oc1ccccc1C=NCC(O)(C(F)(F)F)C(F)(F)F.[I][V]([I])[I]. The third kappa shape index (κ3) is 8.13. The second-order valence-corrected chi connectivity index (χ2v) is 39.4.